The van der Waals surface area contributed by atoms with E-state index in [1.807, 2.05) is 54.6 Å². The van der Waals surface area contributed by atoms with Crippen LogP contribution in [-0.2, 0) is 0 Å². The summed E-state index contributed by atoms with van der Waals surface area (Å²) in [5, 5.41) is 14.0. The number of methoxy groups -OCH3 is 1. The number of nitrogens with two attached hydrogens (primary N) is 1. The van der Waals surface area contributed by atoms with E-state index in [0.29, 0.717) is 16.0 Å². The van der Waals surface area contributed by atoms with Crippen LogP contribution in [0.25, 0.3) is 21.7 Å². The third kappa shape index (κ3) is 4.59. The quantitative estimate of drug-likeness (QED) is 0.411. The fraction of sp³-hybridized carbons (Fsp3) is 0.0500. The zero-order valence-electron chi connectivity index (χ0n) is 15.3. The molecule has 29 heavy (non-hydrogen) atoms. The largest absolute Gasteiger partial charge is 0.496 e. The van der Waals surface area contributed by atoms with Crippen LogP contribution in [0.1, 0.15) is 0 Å². The Labute approximate surface area is 183 Å². The summed E-state index contributed by atoms with van der Waals surface area (Å²) in [4.78, 5) is 4.07. The van der Waals surface area contributed by atoms with Crippen LogP contribution in [0.5, 0.6) is 5.75 Å². The molecule has 0 bridgehead atoms. The molecule has 148 valence electrons. The zero-order valence-corrected chi connectivity index (χ0v) is 17.7. The van der Waals surface area contributed by atoms with E-state index in [1.54, 1.807) is 13.3 Å². The third-order valence-corrected chi connectivity index (χ3v) is 5.19. The molecular weight excluding hydrogens is 429 g/mol. The molecule has 0 aliphatic rings. The minimum absolute atomic E-state index is 0. The number of nitrogen functional groups attached to an aromatic ring is 1. The number of ether oxygens (including phenoxy) is 1. The van der Waals surface area contributed by atoms with Gasteiger partial charge < -0.3 is 15.8 Å². The summed E-state index contributed by atoms with van der Waals surface area (Å²) in [6, 6.07) is 16.9. The molecule has 0 saturated carbocycles. The van der Waals surface area contributed by atoms with Gasteiger partial charge in [0.25, 0.3) is 0 Å². The first kappa shape index (κ1) is 20.9. The van der Waals surface area contributed by atoms with Gasteiger partial charge in [-0.15, -0.1) is 22.6 Å². The van der Waals surface area contributed by atoms with Crippen LogP contribution in [0, 0.1) is 0 Å². The monoisotopic (exact) mass is 445 g/mol. The van der Waals surface area contributed by atoms with Crippen LogP contribution in [0.15, 0.2) is 60.8 Å². The molecule has 6 nitrogen and oxygen atoms in total. The zero-order chi connectivity index (χ0) is 19.5. The number of rotatable bonds is 5. The predicted octanol–water partition coefficient (Wildman–Crippen LogP) is 5.68. The summed E-state index contributed by atoms with van der Waals surface area (Å²) in [7, 11) is 1.64. The summed E-state index contributed by atoms with van der Waals surface area (Å²) in [6.45, 7) is 0. The molecule has 0 amide bonds. The first-order chi connectivity index (χ1) is 13.6. The van der Waals surface area contributed by atoms with Crippen LogP contribution >= 0.6 is 35.3 Å². The topological polar surface area (TPSA) is 86.0 Å². The van der Waals surface area contributed by atoms with Crippen molar-refractivity contribution in [3.63, 3.8) is 0 Å². The first-order valence-corrected chi connectivity index (χ1v) is 9.59. The Kier molecular flexibility index (Phi) is 6.53. The molecular formula is C20H17Cl2N5OS. The number of hydrogen-bond donors (Lipinski definition) is 2. The summed E-state index contributed by atoms with van der Waals surface area (Å²) >= 11 is 7.38. The van der Waals surface area contributed by atoms with Crippen molar-refractivity contribution in [3.8, 4) is 27.4 Å². The highest BCUT2D eigenvalue weighted by Gasteiger charge is 2.17. The van der Waals surface area contributed by atoms with Gasteiger partial charge in [0, 0.05) is 28.0 Å². The van der Waals surface area contributed by atoms with Crippen LogP contribution in [-0.4, -0.2) is 22.3 Å². The Morgan fingerprint density at radius 3 is 2.59 bits per heavy atom. The third-order valence-electron chi connectivity index (χ3n) is 4.07. The van der Waals surface area contributed by atoms with Gasteiger partial charge in [-0.3, -0.25) is 0 Å². The number of aromatic nitrogens is 3. The average Bonchev–Trinajstić information content (AvgIpc) is 3.17. The Morgan fingerprint density at radius 1 is 1.07 bits per heavy atom. The maximum Gasteiger partial charge on any atom is 0.210 e. The van der Waals surface area contributed by atoms with E-state index in [9.17, 15) is 0 Å². The van der Waals surface area contributed by atoms with Gasteiger partial charge in [0.2, 0.25) is 5.13 Å². The number of nitrogens with one attached hydrogen (secondary N) is 1. The summed E-state index contributed by atoms with van der Waals surface area (Å²) in [5.41, 5.74) is 9.48. The van der Waals surface area contributed by atoms with Crippen LogP contribution in [0.2, 0.25) is 5.02 Å². The molecule has 0 fully saturated rings. The van der Waals surface area contributed by atoms with Gasteiger partial charge in [-0.05, 0) is 48.0 Å². The lowest BCUT2D eigenvalue weighted by Gasteiger charge is -2.12. The summed E-state index contributed by atoms with van der Waals surface area (Å²) in [6.07, 6.45) is 1.68. The number of hydrogen-bond acceptors (Lipinski definition) is 7. The molecule has 0 spiro atoms. The molecule has 4 aromatic rings. The first-order valence-electron chi connectivity index (χ1n) is 8.39. The van der Waals surface area contributed by atoms with Gasteiger partial charge in [0.05, 0.1) is 7.11 Å². The van der Waals surface area contributed by atoms with Gasteiger partial charge in [-0.25, -0.2) is 4.98 Å². The molecule has 0 saturated heterocycles. The standard InChI is InChI=1S/C20H16ClN5OS.ClH/c1-27-16-4-2-3-15(18(16)12-9-10-23-17(22)11-12)19-25-26-20(28-19)24-14-7-5-13(21)6-8-14;/h2-11H,1H3,(H2,22,23)(H,24,26);1H. The maximum atomic E-state index is 5.94. The highest BCUT2D eigenvalue weighted by molar-refractivity contribution is 7.18. The van der Waals surface area contributed by atoms with Crippen molar-refractivity contribution in [1.29, 1.82) is 0 Å². The van der Waals surface area contributed by atoms with Crippen LogP contribution in [0.3, 0.4) is 0 Å². The van der Waals surface area contributed by atoms with Crippen molar-refractivity contribution in [2.75, 3.05) is 18.2 Å². The van der Waals surface area contributed by atoms with Crippen molar-refractivity contribution in [3.05, 3.63) is 65.8 Å². The van der Waals surface area contributed by atoms with E-state index in [4.69, 9.17) is 22.1 Å². The number of benzene rings is 2. The smallest absolute Gasteiger partial charge is 0.210 e. The molecule has 2 aromatic carbocycles. The second-order valence-corrected chi connectivity index (χ2v) is 7.31. The van der Waals surface area contributed by atoms with Crippen LogP contribution < -0.4 is 15.8 Å². The van der Waals surface area contributed by atoms with E-state index < -0.39 is 0 Å². The Balaban J connectivity index is 0.00000240. The predicted molar refractivity (Wildman–Crippen MR) is 122 cm³/mol. The van der Waals surface area contributed by atoms with Crippen molar-refractivity contribution in [1.82, 2.24) is 15.2 Å². The lowest BCUT2D eigenvalue weighted by atomic mass is 9.99. The number of nitrogens with zero attached hydrogens (tertiary/aromatic N) is 3. The summed E-state index contributed by atoms with van der Waals surface area (Å²) in [5.74, 6) is 1.17. The van der Waals surface area contributed by atoms with Crippen molar-refractivity contribution >= 4 is 52.0 Å². The fourth-order valence-corrected chi connectivity index (χ4v) is 3.74. The molecule has 0 aliphatic heterocycles. The summed E-state index contributed by atoms with van der Waals surface area (Å²) < 4.78 is 5.58. The molecule has 4 rings (SSSR count). The van der Waals surface area contributed by atoms with Crippen molar-refractivity contribution in [2.24, 2.45) is 0 Å². The van der Waals surface area contributed by atoms with E-state index in [2.05, 4.69) is 20.5 Å². The van der Waals surface area contributed by atoms with Crippen LogP contribution in [0.4, 0.5) is 16.6 Å². The molecule has 9 heteroatoms. The second-order valence-electron chi connectivity index (χ2n) is 5.90. The van der Waals surface area contributed by atoms with Gasteiger partial charge in [0.15, 0.2) is 0 Å². The van der Waals surface area contributed by atoms with Gasteiger partial charge in [-0.2, -0.15) is 0 Å². The second kappa shape index (κ2) is 9.09. The number of anilines is 3. The van der Waals surface area contributed by atoms with E-state index in [0.717, 1.165) is 33.1 Å². The average molecular weight is 446 g/mol. The Bertz CT molecular complexity index is 1120. The molecule has 0 unspecified atom stereocenters. The Morgan fingerprint density at radius 2 is 1.86 bits per heavy atom. The van der Waals surface area contributed by atoms with Gasteiger partial charge in [0.1, 0.15) is 16.6 Å². The SMILES string of the molecule is COc1cccc(-c2nnc(Nc3ccc(Cl)cc3)s2)c1-c1ccnc(N)c1.Cl. The highest BCUT2D eigenvalue weighted by atomic mass is 35.5. The number of halogens is 2. The fourth-order valence-electron chi connectivity index (χ4n) is 2.82. The molecule has 0 aliphatic carbocycles. The number of pyridine rings is 1. The normalized spacial score (nSPS) is 10.3. The Hall–Kier alpha value is -2.87. The van der Waals surface area contributed by atoms with Gasteiger partial charge in [-0.1, -0.05) is 35.1 Å². The van der Waals surface area contributed by atoms with Gasteiger partial charge >= 0.3 is 0 Å². The van der Waals surface area contributed by atoms with E-state index >= 15 is 0 Å². The van der Waals surface area contributed by atoms with E-state index in [-0.39, 0.29) is 12.4 Å². The molecule has 0 atom stereocenters. The molecule has 3 N–H and O–H groups in total. The van der Waals surface area contributed by atoms with Crippen molar-refractivity contribution in [2.45, 2.75) is 0 Å². The molecule has 2 heterocycles. The van der Waals surface area contributed by atoms with E-state index in [1.165, 1.54) is 11.3 Å². The lowest BCUT2D eigenvalue weighted by molar-refractivity contribution is 0.416. The minimum atomic E-state index is 0. The molecule has 0 radical (unpaired) electrons. The van der Waals surface area contributed by atoms with Crippen molar-refractivity contribution < 1.29 is 4.74 Å². The molecule has 2 aromatic heterocycles. The minimum Gasteiger partial charge on any atom is -0.496 e. The lowest BCUT2D eigenvalue weighted by Crippen LogP contribution is -1.94. The highest BCUT2D eigenvalue weighted by Crippen LogP contribution is 2.41. The maximum absolute atomic E-state index is 5.94.